The first-order valence-corrected chi connectivity index (χ1v) is 7.50. The molecule has 0 amide bonds. The maximum absolute atomic E-state index is 13.8. The number of hydrogen-bond donors (Lipinski definition) is 0. The number of aryl methyl sites for hydroxylation is 3. The van der Waals surface area contributed by atoms with Crippen LogP contribution >= 0.6 is 11.6 Å². The quantitative estimate of drug-likeness (QED) is 0.655. The van der Waals surface area contributed by atoms with Gasteiger partial charge in [0.25, 0.3) is 0 Å². The van der Waals surface area contributed by atoms with Crippen molar-refractivity contribution in [2.24, 2.45) is 0 Å². The Hall–Kier alpha value is -1.88. The van der Waals surface area contributed by atoms with E-state index in [1.54, 1.807) is 12.3 Å². The Bertz CT molecular complexity index is 721. The summed E-state index contributed by atoms with van der Waals surface area (Å²) in [5, 5.41) is 4.18. The van der Waals surface area contributed by atoms with Crippen molar-refractivity contribution >= 4 is 22.6 Å². The summed E-state index contributed by atoms with van der Waals surface area (Å²) in [6.45, 7) is 1.59. The predicted molar refractivity (Wildman–Crippen MR) is 81.0 cm³/mol. The lowest BCUT2D eigenvalue weighted by atomic mass is 10.3. The molecule has 0 aliphatic heterocycles. The first-order chi connectivity index (χ1) is 10.3. The summed E-state index contributed by atoms with van der Waals surface area (Å²) in [4.78, 5) is 4.40. The standard InChI is InChI=1S/C15H16ClFN4/c16-7-6-14-19-15-12(17)4-1-5-13(15)21(14)11-3-10-20-9-2-8-18-20/h1-2,4-5,8-9H,3,6-7,10-11H2. The third-order valence-electron chi connectivity index (χ3n) is 3.45. The first kappa shape index (κ1) is 14.1. The number of fused-ring (bicyclic) bond motifs is 1. The van der Waals surface area contributed by atoms with E-state index in [1.807, 2.05) is 23.0 Å². The average Bonchev–Trinajstić information content (AvgIpc) is 3.09. The van der Waals surface area contributed by atoms with Crippen LogP contribution in [-0.2, 0) is 19.5 Å². The fourth-order valence-electron chi connectivity index (χ4n) is 2.51. The summed E-state index contributed by atoms with van der Waals surface area (Å²) < 4.78 is 17.8. The van der Waals surface area contributed by atoms with E-state index in [0.29, 0.717) is 17.8 Å². The number of aromatic nitrogens is 4. The van der Waals surface area contributed by atoms with Crippen molar-refractivity contribution in [1.29, 1.82) is 0 Å². The van der Waals surface area contributed by atoms with Crippen LogP contribution in [0.25, 0.3) is 11.0 Å². The number of imidazole rings is 1. The maximum Gasteiger partial charge on any atom is 0.151 e. The molecule has 2 aromatic heterocycles. The molecule has 0 saturated carbocycles. The second kappa shape index (κ2) is 6.26. The molecule has 0 aliphatic carbocycles. The molecular formula is C15H16ClFN4. The Morgan fingerprint density at radius 1 is 1.19 bits per heavy atom. The summed E-state index contributed by atoms with van der Waals surface area (Å²) in [5.41, 5.74) is 1.26. The van der Waals surface area contributed by atoms with Crippen molar-refractivity contribution < 1.29 is 4.39 Å². The number of halogens is 2. The van der Waals surface area contributed by atoms with E-state index in [0.717, 1.165) is 30.9 Å². The second-order valence-corrected chi connectivity index (χ2v) is 5.23. The third-order valence-corrected chi connectivity index (χ3v) is 3.64. The van der Waals surface area contributed by atoms with Crippen LogP contribution < -0.4 is 0 Å². The van der Waals surface area contributed by atoms with E-state index in [9.17, 15) is 4.39 Å². The normalized spacial score (nSPS) is 11.3. The van der Waals surface area contributed by atoms with Crippen molar-refractivity contribution in [3.05, 3.63) is 48.3 Å². The number of benzene rings is 1. The van der Waals surface area contributed by atoms with Gasteiger partial charge >= 0.3 is 0 Å². The van der Waals surface area contributed by atoms with E-state index in [-0.39, 0.29) is 5.82 Å². The highest BCUT2D eigenvalue weighted by atomic mass is 35.5. The Labute approximate surface area is 127 Å². The van der Waals surface area contributed by atoms with Gasteiger partial charge in [0.2, 0.25) is 0 Å². The van der Waals surface area contributed by atoms with Gasteiger partial charge in [-0.15, -0.1) is 11.6 Å². The van der Waals surface area contributed by atoms with Gasteiger partial charge in [-0.3, -0.25) is 4.68 Å². The van der Waals surface area contributed by atoms with Crippen molar-refractivity contribution in [2.75, 3.05) is 5.88 Å². The third kappa shape index (κ3) is 2.93. The van der Waals surface area contributed by atoms with Gasteiger partial charge in [-0.2, -0.15) is 5.10 Å². The number of para-hydroxylation sites is 1. The van der Waals surface area contributed by atoms with Gasteiger partial charge in [0.1, 0.15) is 11.3 Å². The first-order valence-electron chi connectivity index (χ1n) is 6.96. The van der Waals surface area contributed by atoms with Gasteiger partial charge < -0.3 is 4.57 Å². The fourth-order valence-corrected chi connectivity index (χ4v) is 2.68. The van der Waals surface area contributed by atoms with Crippen LogP contribution in [0.3, 0.4) is 0 Å². The van der Waals surface area contributed by atoms with Gasteiger partial charge in [-0.1, -0.05) is 6.07 Å². The van der Waals surface area contributed by atoms with Crippen LogP contribution in [0, 0.1) is 5.82 Å². The highest BCUT2D eigenvalue weighted by Crippen LogP contribution is 2.20. The lowest BCUT2D eigenvalue weighted by Gasteiger charge is -2.08. The molecule has 0 N–H and O–H groups in total. The zero-order chi connectivity index (χ0) is 14.7. The van der Waals surface area contributed by atoms with E-state index < -0.39 is 0 Å². The molecule has 2 heterocycles. The molecule has 110 valence electrons. The predicted octanol–water partition coefficient (Wildman–Crippen LogP) is 3.24. The molecule has 3 aromatic rings. The molecule has 6 heteroatoms. The molecule has 21 heavy (non-hydrogen) atoms. The number of hydrogen-bond acceptors (Lipinski definition) is 2. The molecule has 4 nitrogen and oxygen atoms in total. The van der Waals surface area contributed by atoms with Crippen LogP contribution in [0.15, 0.2) is 36.7 Å². The molecule has 0 spiro atoms. The molecule has 3 rings (SSSR count). The largest absolute Gasteiger partial charge is 0.328 e. The van der Waals surface area contributed by atoms with Crippen molar-refractivity contribution in [1.82, 2.24) is 19.3 Å². The molecule has 0 radical (unpaired) electrons. The smallest absolute Gasteiger partial charge is 0.151 e. The van der Waals surface area contributed by atoms with Crippen molar-refractivity contribution in [3.63, 3.8) is 0 Å². The number of nitrogens with zero attached hydrogens (tertiary/aromatic N) is 4. The second-order valence-electron chi connectivity index (χ2n) is 4.85. The minimum Gasteiger partial charge on any atom is -0.328 e. The molecule has 1 aromatic carbocycles. The molecule has 0 fully saturated rings. The number of alkyl halides is 1. The molecule has 0 unspecified atom stereocenters. The molecule has 0 bridgehead atoms. The molecular weight excluding hydrogens is 291 g/mol. The van der Waals surface area contributed by atoms with Gasteiger partial charge in [0, 0.05) is 37.8 Å². The van der Waals surface area contributed by atoms with E-state index in [4.69, 9.17) is 11.6 Å². The van der Waals surface area contributed by atoms with Crippen LogP contribution in [0.1, 0.15) is 12.2 Å². The summed E-state index contributed by atoms with van der Waals surface area (Å²) in [7, 11) is 0. The van der Waals surface area contributed by atoms with Gasteiger partial charge in [-0.25, -0.2) is 9.37 Å². The van der Waals surface area contributed by atoms with Crippen LogP contribution in [0.5, 0.6) is 0 Å². The maximum atomic E-state index is 13.8. The Kier molecular flexibility index (Phi) is 4.20. The zero-order valence-electron chi connectivity index (χ0n) is 11.5. The summed E-state index contributed by atoms with van der Waals surface area (Å²) in [5.74, 6) is 1.03. The molecule has 0 saturated heterocycles. The zero-order valence-corrected chi connectivity index (χ0v) is 12.3. The monoisotopic (exact) mass is 306 g/mol. The lowest BCUT2D eigenvalue weighted by molar-refractivity contribution is 0.524. The summed E-state index contributed by atoms with van der Waals surface area (Å²) in [6, 6.07) is 6.96. The van der Waals surface area contributed by atoms with Crippen LogP contribution in [0.4, 0.5) is 4.39 Å². The van der Waals surface area contributed by atoms with Gasteiger partial charge in [0.15, 0.2) is 5.82 Å². The Morgan fingerprint density at radius 2 is 2.10 bits per heavy atom. The van der Waals surface area contributed by atoms with Crippen LogP contribution in [-0.4, -0.2) is 25.2 Å². The minimum atomic E-state index is -0.283. The van der Waals surface area contributed by atoms with Crippen LogP contribution in [0.2, 0.25) is 0 Å². The molecule has 0 atom stereocenters. The minimum absolute atomic E-state index is 0.283. The van der Waals surface area contributed by atoms with E-state index in [1.165, 1.54) is 6.07 Å². The SMILES string of the molecule is Fc1cccc2c1nc(CCCl)n2CCCn1cccn1. The molecule has 0 aliphatic rings. The fraction of sp³-hybridized carbons (Fsp3) is 0.333. The Morgan fingerprint density at radius 3 is 2.86 bits per heavy atom. The van der Waals surface area contributed by atoms with E-state index >= 15 is 0 Å². The topological polar surface area (TPSA) is 35.6 Å². The van der Waals surface area contributed by atoms with Gasteiger partial charge in [0.05, 0.1) is 5.52 Å². The van der Waals surface area contributed by atoms with E-state index in [2.05, 4.69) is 14.6 Å². The Balaban J connectivity index is 1.84. The average molecular weight is 307 g/mol. The summed E-state index contributed by atoms with van der Waals surface area (Å²) in [6.07, 6.45) is 5.24. The number of rotatable bonds is 6. The lowest BCUT2D eigenvalue weighted by Crippen LogP contribution is -2.08. The highest BCUT2D eigenvalue weighted by molar-refractivity contribution is 6.17. The van der Waals surface area contributed by atoms with Crippen molar-refractivity contribution in [2.45, 2.75) is 25.9 Å². The van der Waals surface area contributed by atoms with Crippen molar-refractivity contribution in [3.8, 4) is 0 Å². The summed E-state index contributed by atoms with van der Waals surface area (Å²) >= 11 is 5.83. The highest BCUT2D eigenvalue weighted by Gasteiger charge is 2.13. The van der Waals surface area contributed by atoms with Gasteiger partial charge in [-0.05, 0) is 24.6 Å².